The summed E-state index contributed by atoms with van der Waals surface area (Å²) >= 11 is 0. The number of likely N-dealkylation sites (tertiary alicyclic amines) is 1. The average Bonchev–Trinajstić information content (AvgIpc) is 2.73. The molecule has 1 unspecified atom stereocenters. The van der Waals surface area contributed by atoms with Crippen molar-refractivity contribution in [1.29, 1.82) is 5.41 Å². The molecule has 0 aromatic heterocycles. The van der Waals surface area contributed by atoms with E-state index < -0.39 is 17.5 Å². The predicted molar refractivity (Wildman–Crippen MR) is 120 cm³/mol. The van der Waals surface area contributed by atoms with Crippen LogP contribution in [0.1, 0.15) is 44.2 Å². The molecule has 31 heavy (non-hydrogen) atoms. The minimum atomic E-state index is -0.855. The number of aliphatic carboxylic acids is 1. The lowest BCUT2D eigenvalue weighted by Crippen LogP contribution is -2.50. The zero-order valence-electron chi connectivity index (χ0n) is 18.1. The number of hydrogen-bond acceptors (Lipinski definition) is 4. The molecule has 0 saturated carbocycles. The number of piperidine rings is 1. The highest BCUT2D eigenvalue weighted by Gasteiger charge is 2.40. The smallest absolute Gasteiger partial charge is 0.303 e. The van der Waals surface area contributed by atoms with Gasteiger partial charge in [-0.15, -0.1) is 6.42 Å². The van der Waals surface area contributed by atoms with Crippen LogP contribution in [-0.4, -0.2) is 53.5 Å². The van der Waals surface area contributed by atoms with E-state index in [0.717, 1.165) is 5.56 Å². The van der Waals surface area contributed by atoms with Gasteiger partial charge in [-0.3, -0.25) is 15.0 Å². The van der Waals surface area contributed by atoms with Gasteiger partial charge in [0.15, 0.2) is 0 Å². The van der Waals surface area contributed by atoms with E-state index in [1.807, 2.05) is 38.1 Å². The van der Waals surface area contributed by atoms with Crippen LogP contribution in [0.4, 0.5) is 0 Å². The van der Waals surface area contributed by atoms with Gasteiger partial charge in [-0.25, -0.2) is 0 Å². The summed E-state index contributed by atoms with van der Waals surface area (Å²) in [4.78, 5) is 26.0. The number of hydrogen-bond donors (Lipinski definition) is 3. The molecular formula is C24H31N3O4. The second-order valence-electron chi connectivity index (χ2n) is 8.39. The van der Waals surface area contributed by atoms with Crippen LogP contribution in [0.3, 0.4) is 0 Å². The Morgan fingerprint density at radius 3 is 2.48 bits per heavy atom. The predicted octanol–water partition coefficient (Wildman–Crippen LogP) is 2.74. The first kappa shape index (κ1) is 24.2. The number of ether oxygens (including phenoxy) is 1. The number of carboxylic acids is 1. The first-order chi connectivity index (χ1) is 14.6. The van der Waals surface area contributed by atoms with Gasteiger partial charge in [-0.1, -0.05) is 42.3 Å². The summed E-state index contributed by atoms with van der Waals surface area (Å²) in [6, 6.07) is 7.20. The molecule has 1 atom stereocenters. The van der Waals surface area contributed by atoms with Crippen LogP contribution in [0.15, 0.2) is 30.3 Å². The fourth-order valence-corrected chi connectivity index (χ4v) is 3.73. The van der Waals surface area contributed by atoms with Crippen LogP contribution in [-0.2, 0) is 14.3 Å². The van der Waals surface area contributed by atoms with E-state index in [4.69, 9.17) is 27.4 Å². The Bertz CT molecular complexity index is 860. The van der Waals surface area contributed by atoms with Crippen LogP contribution in [0, 0.1) is 29.1 Å². The molecule has 166 valence electrons. The van der Waals surface area contributed by atoms with Crippen molar-refractivity contribution < 1.29 is 19.4 Å². The fourth-order valence-electron chi connectivity index (χ4n) is 3.73. The lowest BCUT2D eigenvalue weighted by molar-refractivity contribution is -0.148. The van der Waals surface area contributed by atoms with Crippen molar-refractivity contribution in [3.05, 3.63) is 41.5 Å². The van der Waals surface area contributed by atoms with Gasteiger partial charge in [0, 0.05) is 25.1 Å². The molecule has 1 heterocycles. The highest BCUT2D eigenvalue weighted by atomic mass is 16.5. The van der Waals surface area contributed by atoms with Crippen molar-refractivity contribution in [3.63, 3.8) is 0 Å². The third-order valence-electron chi connectivity index (χ3n) is 5.66. The van der Waals surface area contributed by atoms with Gasteiger partial charge in [0.25, 0.3) is 0 Å². The first-order valence-electron chi connectivity index (χ1n) is 10.3. The van der Waals surface area contributed by atoms with Gasteiger partial charge < -0.3 is 20.5 Å². The molecule has 0 aliphatic carbocycles. The molecule has 1 amide bonds. The Kier molecular flexibility index (Phi) is 8.40. The van der Waals surface area contributed by atoms with Crippen molar-refractivity contribution in [1.82, 2.24) is 4.90 Å². The van der Waals surface area contributed by atoms with Crippen molar-refractivity contribution in [3.8, 4) is 12.3 Å². The molecule has 1 aromatic rings. The number of benzene rings is 1. The third kappa shape index (κ3) is 6.69. The lowest BCUT2D eigenvalue weighted by atomic mass is 9.82. The van der Waals surface area contributed by atoms with E-state index in [1.165, 1.54) is 0 Å². The summed E-state index contributed by atoms with van der Waals surface area (Å²) in [5.41, 5.74) is 6.16. The molecule has 4 N–H and O–H groups in total. The number of carbonyl (C=O) groups is 2. The first-order valence-corrected chi connectivity index (χ1v) is 10.3. The number of nitrogens with zero attached hydrogens (tertiary/aromatic N) is 1. The number of amides is 1. The van der Waals surface area contributed by atoms with Crippen molar-refractivity contribution >= 4 is 23.8 Å². The summed E-state index contributed by atoms with van der Waals surface area (Å²) in [5.74, 6) is 1.73. The number of nitrogens with one attached hydrogen (secondary N) is 1. The zero-order valence-corrected chi connectivity index (χ0v) is 18.1. The number of rotatable bonds is 9. The van der Waals surface area contributed by atoms with Crippen molar-refractivity contribution in [2.45, 2.75) is 39.2 Å². The van der Waals surface area contributed by atoms with Gasteiger partial charge >= 0.3 is 5.97 Å². The number of amidine groups is 1. The average molecular weight is 426 g/mol. The largest absolute Gasteiger partial charge is 0.481 e. The Morgan fingerprint density at radius 2 is 1.97 bits per heavy atom. The van der Waals surface area contributed by atoms with Gasteiger partial charge in [-0.05, 0) is 38.2 Å². The molecule has 7 nitrogen and oxygen atoms in total. The Hall–Kier alpha value is -3.11. The fraction of sp³-hybridized carbons (Fsp3) is 0.458. The second kappa shape index (κ2) is 10.8. The van der Waals surface area contributed by atoms with Gasteiger partial charge in [0.2, 0.25) is 5.91 Å². The highest BCUT2D eigenvalue weighted by Crippen LogP contribution is 2.31. The van der Waals surface area contributed by atoms with E-state index in [-0.39, 0.29) is 30.7 Å². The maximum atomic E-state index is 13.3. The molecule has 0 spiro atoms. The highest BCUT2D eigenvalue weighted by molar-refractivity contribution is 5.95. The molecular weight excluding hydrogens is 394 g/mol. The molecule has 1 aliphatic rings. The molecule has 7 heteroatoms. The Balaban J connectivity index is 2.11. The molecule has 1 aliphatic heterocycles. The van der Waals surface area contributed by atoms with E-state index in [9.17, 15) is 9.59 Å². The quantitative estimate of drug-likeness (QED) is 0.320. The van der Waals surface area contributed by atoms with Gasteiger partial charge in [-0.2, -0.15) is 0 Å². The maximum Gasteiger partial charge on any atom is 0.303 e. The third-order valence-corrected chi connectivity index (χ3v) is 5.66. The number of carboxylic acid groups (broad SMARTS) is 1. The molecule has 2 rings (SSSR count). The molecule has 0 radical (unpaired) electrons. The SMILES string of the molecule is C#CCOC(/C=C/c1ccc(C(=N)N)cc1)C(C)(C)C(=O)N1CCC(CC(=O)O)CC1. The minimum Gasteiger partial charge on any atom is -0.481 e. The van der Waals surface area contributed by atoms with E-state index >= 15 is 0 Å². The summed E-state index contributed by atoms with van der Waals surface area (Å²) in [6.07, 6.45) is 10.0. The number of terminal acetylenes is 1. The van der Waals surface area contributed by atoms with Gasteiger partial charge in [0.05, 0.1) is 11.5 Å². The standard InChI is InChI=1S/C24H31N3O4/c1-4-15-31-20(10-7-17-5-8-19(9-6-17)22(25)26)24(2,3)23(30)27-13-11-18(12-14-27)16-21(28)29/h1,5-10,18,20H,11-16H2,2-3H3,(H3,25,26)(H,28,29)/b10-7+. The van der Waals surface area contributed by atoms with E-state index in [2.05, 4.69) is 5.92 Å². The van der Waals surface area contributed by atoms with Crippen LogP contribution < -0.4 is 5.73 Å². The number of nitrogens with two attached hydrogens (primary N) is 1. The lowest BCUT2D eigenvalue weighted by Gasteiger charge is -2.39. The molecule has 1 saturated heterocycles. The Morgan fingerprint density at radius 1 is 1.35 bits per heavy atom. The summed E-state index contributed by atoms with van der Waals surface area (Å²) in [7, 11) is 0. The van der Waals surface area contributed by atoms with Gasteiger partial charge in [0.1, 0.15) is 12.4 Å². The molecule has 1 fully saturated rings. The molecule has 0 bridgehead atoms. The van der Waals surface area contributed by atoms with Crippen molar-refractivity contribution in [2.24, 2.45) is 17.1 Å². The van der Waals surface area contributed by atoms with Crippen LogP contribution >= 0.6 is 0 Å². The molecule has 1 aromatic carbocycles. The topological polar surface area (TPSA) is 117 Å². The minimum absolute atomic E-state index is 0.00427. The van der Waals surface area contributed by atoms with E-state index in [0.29, 0.717) is 31.5 Å². The monoisotopic (exact) mass is 425 g/mol. The van der Waals surface area contributed by atoms with Crippen LogP contribution in [0.2, 0.25) is 0 Å². The maximum absolute atomic E-state index is 13.3. The normalized spacial score (nSPS) is 16.1. The van der Waals surface area contributed by atoms with Crippen molar-refractivity contribution in [2.75, 3.05) is 19.7 Å². The second-order valence-corrected chi connectivity index (χ2v) is 8.39. The zero-order chi connectivity index (χ0) is 23.0. The summed E-state index contributed by atoms with van der Waals surface area (Å²) < 4.78 is 5.82. The van der Waals surface area contributed by atoms with E-state index in [1.54, 1.807) is 17.0 Å². The van der Waals surface area contributed by atoms with Crippen LogP contribution in [0.25, 0.3) is 6.08 Å². The number of carbonyl (C=O) groups excluding carboxylic acids is 1. The Labute approximate surface area is 183 Å². The summed E-state index contributed by atoms with van der Waals surface area (Å²) in [6.45, 7) is 4.83. The summed E-state index contributed by atoms with van der Waals surface area (Å²) in [5, 5.41) is 16.5. The number of nitrogen functional groups attached to an aromatic ring is 1. The van der Waals surface area contributed by atoms with Crippen LogP contribution in [0.5, 0.6) is 0 Å².